The number of nitrogens with two attached hydrogens (primary N) is 1. The van der Waals surface area contributed by atoms with E-state index < -0.39 is 42.5 Å². The fourth-order valence-corrected chi connectivity index (χ4v) is 1.96. The highest BCUT2D eigenvalue weighted by Gasteiger charge is 2.35. The Morgan fingerprint density at radius 2 is 1.62 bits per heavy atom. The van der Waals surface area contributed by atoms with Crippen LogP contribution >= 0.6 is 22.6 Å². The lowest BCUT2D eigenvalue weighted by atomic mass is 9.94. The van der Waals surface area contributed by atoms with E-state index in [1.54, 1.807) is 12.1 Å². The number of ketones is 2. The van der Waals surface area contributed by atoms with Gasteiger partial charge in [-0.2, -0.15) is 0 Å². The highest BCUT2D eigenvalue weighted by atomic mass is 127. The van der Waals surface area contributed by atoms with E-state index in [1.807, 2.05) is 22.6 Å². The second kappa shape index (κ2) is 7.92. The molecule has 0 bridgehead atoms. The lowest BCUT2D eigenvalue weighted by Crippen LogP contribution is -2.54. The summed E-state index contributed by atoms with van der Waals surface area (Å²) in [6, 6.07) is 4.45. The molecule has 21 heavy (non-hydrogen) atoms. The summed E-state index contributed by atoms with van der Waals surface area (Å²) in [5.41, 5.74) is 5.56. The highest BCUT2D eigenvalue weighted by molar-refractivity contribution is 14.1. The van der Waals surface area contributed by atoms with Crippen LogP contribution in [-0.2, 0) is 4.79 Å². The van der Waals surface area contributed by atoms with Gasteiger partial charge in [-0.25, -0.2) is 0 Å². The minimum Gasteiger partial charge on any atom is -0.394 e. The maximum Gasteiger partial charge on any atom is 0.230 e. The first-order chi connectivity index (χ1) is 9.79. The topological polar surface area (TPSA) is 141 Å². The molecule has 0 aliphatic heterocycles. The van der Waals surface area contributed by atoms with Gasteiger partial charge in [-0.05, 0) is 46.9 Å². The quantitative estimate of drug-likeness (QED) is 0.209. The molecular weight excluding hydrogens is 393 g/mol. The third-order valence-electron chi connectivity index (χ3n) is 2.93. The Kier molecular flexibility index (Phi) is 6.84. The number of rotatable bonds is 7. The van der Waals surface area contributed by atoms with Gasteiger partial charge in [-0.15, -0.1) is 0 Å². The maximum atomic E-state index is 11.9. The van der Waals surface area contributed by atoms with Crippen molar-refractivity contribution < 1.29 is 30.0 Å². The molecule has 0 radical (unpaired) electrons. The summed E-state index contributed by atoms with van der Waals surface area (Å²) in [4.78, 5) is 23.8. The number of hydrogen-bond acceptors (Lipinski definition) is 7. The zero-order valence-corrected chi connectivity index (χ0v) is 13.0. The Balaban J connectivity index is 2.82. The van der Waals surface area contributed by atoms with Crippen LogP contribution in [0, 0.1) is 3.57 Å². The molecule has 0 fully saturated rings. The molecule has 0 saturated carbocycles. The van der Waals surface area contributed by atoms with Gasteiger partial charge >= 0.3 is 0 Å². The van der Waals surface area contributed by atoms with E-state index in [-0.39, 0.29) is 5.56 Å². The van der Waals surface area contributed by atoms with E-state index >= 15 is 0 Å². The van der Waals surface area contributed by atoms with Crippen LogP contribution in [0.15, 0.2) is 24.3 Å². The average Bonchev–Trinajstić information content (AvgIpc) is 2.51. The van der Waals surface area contributed by atoms with Crippen LogP contribution in [0.25, 0.3) is 0 Å². The fourth-order valence-electron chi connectivity index (χ4n) is 1.60. The van der Waals surface area contributed by atoms with Gasteiger partial charge in [0.05, 0.1) is 6.61 Å². The third kappa shape index (κ3) is 4.53. The van der Waals surface area contributed by atoms with Crippen LogP contribution in [-0.4, -0.2) is 63.0 Å². The van der Waals surface area contributed by atoms with Crippen molar-refractivity contribution in [3.05, 3.63) is 33.4 Å². The standard InChI is InChI=1S/C13H16INO6/c14-7-3-1-6(2-4-7)10(18)12(20)9(15)13(21)11(19)8(17)5-16/h1-4,8-9,11,13,16-17,19,21H,5,15H2/t8-,9+,11-,13-/m1/s1. The third-order valence-corrected chi connectivity index (χ3v) is 3.65. The number of hydrogen-bond donors (Lipinski definition) is 5. The van der Waals surface area contributed by atoms with E-state index in [9.17, 15) is 24.9 Å². The van der Waals surface area contributed by atoms with Gasteiger partial charge in [0.15, 0.2) is 0 Å². The smallest absolute Gasteiger partial charge is 0.230 e. The van der Waals surface area contributed by atoms with Crippen LogP contribution < -0.4 is 5.73 Å². The Morgan fingerprint density at radius 1 is 1.10 bits per heavy atom. The Bertz CT molecular complexity index is 506. The molecule has 0 aliphatic rings. The first-order valence-electron chi connectivity index (χ1n) is 6.04. The molecule has 0 amide bonds. The van der Waals surface area contributed by atoms with Crippen molar-refractivity contribution >= 4 is 34.2 Å². The van der Waals surface area contributed by atoms with E-state index in [0.717, 1.165) is 3.57 Å². The van der Waals surface area contributed by atoms with Gasteiger partial charge in [0.25, 0.3) is 0 Å². The van der Waals surface area contributed by atoms with Crippen LogP contribution in [0.4, 0.5) is 0 Å². The molecule has 0 spiro atoms. The molecule has 1 rings (SSSR count). The molecule has 1 aromatic carbocycles. The number of carbonyl (C=O) groups excluding carboxylic acids is 2. The van der Waals surface area contributed by atoms with Crippen molar-refractivity contribution in [2.24, 2.45) is 5.73 Å². The lowest BCUT2D eigenvalue weighted by Gasteiger charge is -2.25. The average molecular weight is 409 g/mol. The number of halogens is 1. The predicted molar refractivity (Wildman–Crippen MR) is 81.6 cm³/mol. The second-order valence-corrected chi connectivity index (χ2v) is 5.70. The van der Waals surface area contributed by atoms with Crippen molar-refractivity contribution in [3.63, 3.8) is 0 Å². The molecule has 8 heteroatoms. The molecule has 0 aliphatic carbocycles. The predicted octanol–water partition coefficient (Wildman–Crippen LogP) is -1.55. The molecule has 7 nitrogen and oxygen atoms in total. The minimum absolute atomic E-state index is 0.111. The molecule has 0 aromatic heterocycles. The van der Waals surface area contributed by atoms with Crippen molar-refractivity contribution in [1.29, 1.82) is 0 Å². The van der Waals surface area contributed by atoms with Crippen molar-refractivity contribution in [1.82, 2.24) is 0 Å². The van der Waals surface area contributed by atoms with Gasteiger partial charge in [0, 0.05) is 9.13 Å². The second-order valence-electron chi connectivity index (χ2n) is 4.46. The maximum absolute atomic E-state index is 11.9. The zero-order chi connectivity index (χ0) is 16.2. The molecular formula is C13H16INO6. The van der Waals surface area contributed by atoms with E-state index in [0.29, 0.717) is 0 Å². The lowest BCUT2D eigenvalue weighted by molar-refractivity contribution is -0.125. The van der Waals surface area contributed by atoms with Gasteiger partial charge < -0.3 is 26.2 Å². The summed E-state index contributed by atoms with van der Waals surface area (Å²) in [7, 11) is 0. The molecule has 6 N–H and O–H groups in total. The molecule has 1 aromatic rings. The van der Waals surface area contributed by atoms with Gasteiger partial charge in [-0.1, -0.05) is 0 Å². The van der Waals surface area contributed by atoms with Gasteiger partial charge in [0.2, 0.25) is 11.6 Å². The minimum atomic E-state index is -1.87. The number of aliphatic hydroxyl groups is 4. The summed E-state index contributed by atoms with van der Waals surface area (Å²) in [5, 5.41) is 37.0. The summed E-state index contributed by atoms with van der Waals surface area (Å²) in [5.74, 6) is -1.99. The van der Waals surface area contributed by atoms with Crippen LogP contribution in [0.2, 0.25) is 0 Å². The summed E-state index contributed by atoms with van der Waals surface area (Å²) >= 11 is 2.04. The number of carbonyl (C=O) groups is 2. The first-order valence-corrected chi connectivity index (χ1v) is 7.12. The summed E-state index contributed by atoms with van der Waals surface area (Å²) in [6.07, 6.45) is -5.36. The molecule has 4 atom stereocenters. The van der Waals surface area contributed by atoms with Crippen molar-refractivity contribution in [2.45, 2.75) is 24.4 Å². The highest BCUT2D eigenvalue weighted by Crippen LogP contribution is 2.11. The molecule has 0 unspecified atom stereocenters. The van der Waals surface area contributed by atoms with E-state index in [2.05, 4.69) is 0 Å². The van der Waals surface area contributed by atoms with E-state index in [4.69, 9.17) is 10.8 Å². The monoisotopic (exact) mass is 409 g/mol. The first kappa shape index (κ1) is 18.1. The Labute approximate surface area is 134 Å². The summed E-state index contributed by atoms with van der Waals surface area (Å²) in [6.45, 7) is -0.815. The fraction of sp³-hybridized carbons (Fsp3) is 0.385. The zero-order valence-electron chi connectivity index (χ0n) is 10.9. The number of Topliss-reactive ketones (excluding diaryl/α,β-unsaturated/α-hetero) is 2. The number of benzene rings is 1. The normalized spacial score (nSPS) is 16.9. The Morgan fingerprint density at radius 3 is 2.10 bits per heavy atom. The molecule has 0 heterocycles. The Hall–Kier alpha value is -0.910. The van der Waals surface area contributed by atoms with Gasteiger partial charge in [0.1, 0.15) is 24.4 Å². The number of aliphatic hydroxyl groups excluding tert-OH is 4. The van der Waals surface area contributed by atoms with Gasteiger partial charge in [-0.3, -0.25) is 9.59 Å². The van der Waals surface area contributed by atoms with Crippen LogP contribution in [0.1, 0.15) is 10.4 Å². The SMILES string of the molecule is N[C@@H](C(=O)C(=O)c1ccc(I)cc1)[C@@H](O)[C@H](O)[C@H](O)CO. The van der Waals surface area contributed by atoms with Crippen LogP contribution in [0.3, 0.4) is 0 Å². The van der Waals surface area contributed by atoms with Crippen molar-refractivity contribution in [3.8, 4) is 0 Å². The largest absolute Gasteiger partial charge is 0.394 e. The molecule has 116 valence electrons. The van der Waals surface area contributed by atoms with Crippen molar-refractivity contribution in [2.75, 3.05) is 6.61 Å². The summed E-state index contributed by atoms with van der Waals surface area (Å²) < 4.78 is 0.877. The molecule has 0 saturated heterocycles. The van der Waals surface area contributed by atoms with Crippen LogP contribution in [0.5, 0.6) is 0 Å². The van der Waals surface area contributed by atoms with E-state index in [1.165, 1.54) is 12.1 Å².